The van der Waals surface area contributed by atoms with Gasteiger partial charge in [-0.15, -0.1) is 0 Å². The average molecular weight is 394 g/mol. The van der Waals surface area contributed by atoms with Gasteiger partial charge in [0.15, 0.2) is 11.5 Å². The lowest BCUT2D eigenvalue weighted by Crippen LogP contribution is -2.45. The second-order valence-electron chi connectivity index (χ2n) is 6.35. The summed E-state index contributed by atoms with van der Waals surface area (Å²) in [5, 5.41) is 22.3. The lowest BCUT2D eigenvalue weighted by Gasteiger charge is -2.15. The Bertz CT molecular complexity index is 1090. The number of ether oxygens (including phenoxy) is 2. The van der Waals surface area contributed by atoms with Crippen molar-refractivity contribution in [1.82, 2.24) is 15.5 Å². The van der Waals surface area contributed by atoms with E-state index >= 15 is 0 Å². The summed E-state index contributed by atoms with van der Waals surface area (Å²) in [6, 6.07) is 9.41. The molecule has 1 aliphatic rings. The minimum Gasteiger partial charge on any atom is -0.454 e. The Labute approximate surface area is 165 Å². The Morgan fingerprint density at radius 3 is 2.93 bits per heavy atom. The van der Waals surface area contributed by atoms with E-state index in [-0.39, 0.29) is 6.79 Å². The zero-order valence-electron chi connectivity index (χ0n) is 15.2. The van der Waals surface area contributed by atoms with Crippen LogP contribution >= 0.6 is 0 Å². The predicted molar refractivity (Wildman–Crippen MR) is 105 cm³/mol. The van der Waals surface area contributed by atoms with Crippen molar-refractivity contribution in [2.45, 2.75) is 6.04 Å². The molecule has 9 nitrogen and oxygen atoms in total. The molecule has 1 atom stereocenters. The maximum atomic E-state index is 12.4. The number of H-pyrrole nitrogens is 1. The number of fused-ring (bicyclic) bond motifs is 2. The van der Waals surface area contributed by atoms with Crippen LogP contribution < -0.4 is 20.1 Å². The van der Waals surface area contributed by atoms with Crippen LogP contribution in [0.1, 0.15) is 5.56 Å². The summed E-state index contributed by atoms with van der Waals surface area (Å²) in [7, 11) is 0. The quantitative estimate of drug-likeness (QED) is 0.469. The van der Waals surface area contributed by atoms with E-state index in [9.17, 15) is 14.7 Å². The summed E-state index contributed by atoms with van der Waals surface area (Å²) in [5.74, 6) is 0.212. The number of aliphatic hydroxyl groups excluding tert-OH is 1. The van der Waals surface area contributed by atoms with Crippen molar-refractivity contribution in [2.75, 3.05) is 18.7 Å². The normalized spacial score (nSPS) is 13.6. The summed E-state index contributed by atoms with van der Waals surface area (Å²) in [4.78, 5) is 24.5. The van der Waals surface area contributed by atoms with Crippen LogP contribution in [0.5, 0.6) is 11.5 Å². The maximum absolute atomic E-state index is 12.4. The van der Waals surface area contributed by atoms with Gasteiger partial charge in [0.2, 0.25) is 18.6 Å². The standard InChI is InChI=1S/C20H18N4O5/c25-10-16(20(27)22-14-4-3-13-9-21-24-15(13)8-14)23-19(26)6-2-12-1-5-17-18(7-12)29-11-28-17/h1-9,16,25H,10-11H2,(H,21,24)(H,22,27)(H,23,26). The number of anilines is 1. The number of carbonyl (C=O) groups is 2. The molecule has 1 aromatic heterocycles. The van der Waals surface area contributed by atoms with Crippen LogP contribution in [0.4, 0.5) is 5.69 Å². The second kappa shape index (κ2) is 8.03. The highest BCUT2D eigenvalue weighted by Crippen LogP contribution is 2.32. The first-order chi connectivity index (χ1) is 14.1. The molecule has 0 aliphatic carbocycles. The SMILES string of the molecule is O=C(C=Cc1ccc2c(c1)OCO2)NC(CO)C(=O)Nc1ccc2cn[nH]c2c1. The third kappa shape index (κ3) is 4.19. The van der Waals surface area contributed by atoms with E-state index in [1.165, 1.54) is 6.08 Å². The van der Waals surface area contributed by atoms with Gasteiger partial charge in [0.25, 0.3) is 0 Å². The van der Waals surface area contributed by atoms with Gasteiger partial charge >= 0.3 is 0 Å². The van der Waals surface area contributed by atoms with E-state index < -0.39 is 24.5 Å². The van der Waals surface area contributed by atoms with Gasteiger partial charge in [0.1, 0.15) is 6.04 Å². The zero-order valence-corrected chi connectivity index (χ0v) is 15.2. The number of aromatic amines is 1. The Morgan fingerprint density at radius 2 is 2.07 bits per heavy atom. The number of aliphatic hydroxyl groups is 1. The number of rotatable bonds is 6. The Hall–Kier alpha value is -3.85. The first-order valence-electron chi connectivity index (χ1n) is 8.85. The van der Waals surface area contributed by atoms with Crippen molar-refractivity contribution in [3.8, 4) is 11.5 Å². The molecular formula is C20H18N4O5. The number of aromatic nitrogens is 2. The predicted octanol–water partition coefficient (Wildman–Crippen LogP) is 1.42. The third-order valence-corrected chi connectivity index (χ3v) is 4.35. The van der Waals surface area contributed by atoms with Gasteiger partial charge in [-0.05, 0) is 42.0 Å². The maximum Gasteiger partial charge on any atom is 0.249 e. The summed E-state index contributed by atoms with van der Waals surface area (Å²) in [6.07, 6.45) is 4.53. The minimum atomic E-state index is -1.10. The lowest BCUT2D eigenvalue weighted by atomic mass is 10.2. The topological polar surface area (TPSA) is 126 Å². The van der Waals surface area contributed by atoms with E-state index in [0.717, 1.165) is 16.5 Å². The van der Waals surface area contributed by atoms with Gasteiger partial charge in [-0.3, -0.25) is 14.7 Å². The average Bonchev–Trinajstić information content (AvgIpc) is 3.38. The fourth-order valence-corrected chi connectivity index (χ4v) is 2.85. The molecule has 0 bridgehead atoms. The molecule has 1 aliphatic heterocycles. The Morgan fingerprint density at radius 1 is 1.21 bits per heavy atom. The molecule has 0 fully saturated rings. The molecule has 0 radical (unpaired) electrons. The van der Waals surface area contributed by atoms with Gasteiger partial charge in [0.05, 0.1) is 18.3 Å². The van der Waals surface area contributed by atoms with E-state index in [1.807, 2.05) is 0 Å². The molecule has 4 N–H and O–H groups in total. The molecule has 4 rings (SSSR count). The smallest absolute Gasteiger partial charge is 0.249 e. The molecule has 1 unspecified atom stereocenters. The number of nitrogens with one attached hydrogen (secondary N) is 3. The van der Waals surface area contributed by atoms with Gasteiger partial charge in [-0.1, -0.05) is 6.07 Å². The van der Waals surface area contributed by atoms with Crippen molar-refractivity contribution in [2.24, 2.45) is 0 Å². The summed E-state index contributed by atoms with van der Waals surface area (Å²) < 4.78 is 10.5. The summed E-state index contributed by atoms with van der Waals surface area (Å²) in [6.45, 7) is -0.370. The molecule has 148 valence electrons. The highest BCUT2D eigenvalue weighted by atomic mass is 16.7. The Balaban J connectivity index is 1.37. The second-order valence-corrected chi connectivity index (χ2v) is 6.35. The fraction of sp³-hybridized carbons (Fsp3) is 0.150. The van der Waals surface area contributed by atoms with Crippen molar-refractivity contribution in [3.63, 3.8) is 0 Å². The van der Waals surface area contributed by atoms with Crippen LogP contribution in [0, 0.1) is 0 Å². The minimum absolute atomic E-state index is 0.170. The monoisotopic (exact) mass is 394 g/mol. The number of nitrogens with zero attached hydrogens (tertiary/aromatic N) is 1. The van der Waals surface area contributed by atoms with Crippen molar-refractivity contribution >= 4 is 34.5 Å². The third-order valence-electron chi connectivity index (χ3n) is 4.35. The summed E-state index contributed by atoms with van der Waals surface area (Å²) >= 11 is 0. The molecule has 0 saturated heterocycles. The van der Waals surface area contributed by atoms with E-state index in [4.69, 9.17) is 9.47 Å². The largest absolute Gasteiger partial charge is 0.454 e. The highest BCUT2D eigenvalue weighted by Gasteiger charge is 2.19. The molecule has 0 spiro atoms. The van der Waals surface area contributed by atoms with Gasteiger partial charge in [-0.2, -0.15) is 5.10 Å². The van der Waals surface area contributed by atoms with Gasteiger partial charge in [-0.25, -0.2) is 0 Å². The molecule has 2 heterocycles. The molecule has 29 heavy (non-hydrogen) atoms. The molecule has 3 aromatic rings. The van der Waals surface area contributed by atoms with Gasteiger partial charge < -0.3 is 25.2 Å². The molecule has 2 amide bonds. The van der Waals surface area contributed by atoms with Gasteiger partial charge in [0, 0.05) is 17.1 Å². The van der Waals surface area contributed by atoms with Crippen LogP contribution in [0.15, 0.2) is 48.7 Å². The Kier molecular flexibility index (Phi) is 5.12. The lowest BCUT2D eigenvalue weighted by molar-refractivity contribution is -0.124. The number of carbonyl (C=O) groups excluding carboxylic acids is 2. The highest BCUT2D eigenvalue weighted by molar-refractivity contribution is 6.01. The van der Waals surface area contributed by atoms with Crippen LogP contribution in [-0.4, -0.2) is 46.6 Å². The number of benzene rings is 2. The summed E-state index contributed by atoms with van der Waals surface area (Å²) in [5.41, 5.74) is 2.02. The molecule has 9 heteroatoms. The van der Waals surface area contributed by atoms with Crippen LogP contribution in [-0.2, 0) is 9.59 Å². The van der Waals surface area contributed by atoms with Crippen LogP contribution in [0.2, 0.25) is 0 Å². The number of hydrogen-bond acceptors (Lipinski definition) is 6. The van der Waals surface area contributed by atoms with E-state index in [1.54, 1.807) is 48.7 Å². The molecular weight excluding hydrogens is 376 g/mol. The molecule has 2 aromatic carbocycles. The van der Waals surface area contributed by atoms with Crippen LogP contribution in [0.3, 0.4) is 0 Å². The van der Waals surface area contributed by atoms with Crippen LogP contribution in [0.25, 0.3) is 17.0 Å². The number of hydrogen-bond donors (Lipinski definition) is 4. The molecule has 0 saturated carbocycles. The zero-order chi connectivity index (χ0) is 20.2. The fourth-order valence-electron chi connectivity index (χ4n) is 2.85. The number of amides is 2. The first kappa shape index (κ1) is 18.5. The van der Waals surface area contributed by atoms with Crippen molar-refractivity contribution < 1.29 is 24.2 Å². The van der Waals surface area contributed by atoms with Crippen molar-refractivity contribution in [3.05, 3.63) is 54.2 Å². The van der Waals surface area contributed by atoms with E-state index in [0.29, 0.717) is 17.2 Å². The first-order valence-corrected chi connectivity index (χ1v) is 8.85. The van der Waals surface area contributed by atoms with Crippen molar-refractivity contribution in [1.29, 1.82) is 0 Å². The van der Waals surface area contributed by atoms with E-state index in [2.05, 4.69) is 20.8 Å².